The van der Waals surface area contributed by atoms with E-state index < -0.39 is 0 Å². The lowest BCUT2D eigenvalue weighted by atomic mass is 10.3. The summed E-state index contributed by atoms with van der Waals surface area (Å²) in [6.07, 6.45) is 0.341. The first kappa shape index (κ1) is 10.0. The first-order chi connectivity index (χ1) is 7.29. The number of para-hydroxylation sites is 2. The van der Waals surface area contributed by atoms with E-state index in [0.717, 1.165) is 17.6 Å². The van der Waals surface area contributed by atoms with Crippen LogP contribution in [-0.4, -0.2) is 11.0 Å². The molecule has 0 saturated carbocycles. The number of oxazole rings is 1. The van der Waals surface area contributed by atoms with Gasteiger partial charge in [0.2, 0.25) is 0 Å². The maximum absolute atomic E-state index is 10.9. The number of rotatable bonds is 3. The summed E-state index contributed by atoms with van der Waals surface area (Å²) in [6, 6.07) is 7.38. The van der Waals surface area contributed by atoms with Gasteiger partial charge in [-0.2, -0.15) is 0 Å². The molecule has 0 fully saturated rings. The molecule has 0 aliphatic carbocycles. The van der Waals surface area contributed by atoms with E-state index in [1.54, 1.807) is 6.92 Å². The number of nitrogens with zero attached hydrogens (tertiary/aromatic N) is 1. The standard InChI is InChI=1S/C10H9NO3S/c1-2-9(12)14-15-10-11-7-5-3-4-6-8(7)13-10/h3-6H,2H2,1H3. The Morgan fingerprint density at radius 2 is 2.33 bits per heavy atom. The molecule has 0 atom stereocenters. The number of fused-ring (bicyclic) bond motifs is 1. The Bertz CT molecular complexity index is 447. The fraction of sp³-hybridized carbons (Fsp3) is 0.200. The third-order valence-corrected chi connectivity index (χ3v) is 2.36. The topological polar surface area (TPSA) is 52.3 Å². The highest BCUT2D eigenvalue weighted by atomic mass is 32.2. The lowest BCUT2D eigenvalue weighted by molar-refractivity contribution is -0.132. The number of hydrogen-bond donors (Lipinski definition) is 0. The molecule has 1 aromatic heterocycles. The summed E-state index contributed by atoms with van der Waals surface area (Å²) in [5.41, 5.74) is 1.44. The van der Waals surface area contributed by atoms with Gasteiger partial charge in [-0.05, 0) is 12.1 Å². The van der Waals surface area contributed by atoms with Gasteiger partial charge in [0.05, 0.1) is 0 Å². The maximum atomic E-state index is 10.9. The van der Waals surface area contributed by atoms with Gasteiger partial charge in [0.1, 0.15) is 5.52 Å². The zero-order chi connectivity index (χ0) is 10.7. The summed E-state index contributed by atoms with van der Waals surface area (Å²) in [4.78, 5) is 15.0. The van der Waals surface area contributed by atoms with Gasteiger partial charge >= 0.3 is 5.97 Å². The Morgan fingerprint density at radius 3 is 3.07 bits per heavy atom. The predicted octanol–water partition coefficient (Wildman–Crippen LogP) is 2.79. The molecular formula is C10H9NO3S. The second kappa shape index (κ2) is 4.35. The van der Waals surface area contributed by atoms with Gasteiger partial charge in [-0.15, -0.1) is 0 Å². The zero-order valence-electron chi connectivity index (χ0n) is 8.10. The summed E-state index contributed by atoms with van der Waals surface area (Å²) < 4.78 is 10.2. The van der Waals surface area contributed by atoms with E-state index in [2.05, 4.69) is 4.98 Å². The van der Waals surface area contributed by atoms with Gasteiger partial charge in [0.25, 0.3) is 5.22 Å². The van der Waals surface area contributed by atoms with Gasteiger partial charge in [-0.3, -0.25) is 4.79 Å². The Kier molecular flexibility index (Phi) is 2.91. The van der Waals surface area contributed by atoms with Crippen LogP contribution in [0.1, 0.15) is 13.3 Å². The molecule has 0 N–H and O–H groups in total. The van der Waals surface area contributed by atoms with Crippen LogP contribution in [-0.2, 0) is 8.98 Å². The molecule has 1 heterocycles. The van der Waals surface area contributed by atoms with Crippen LogP contribution in [0.5, 0.6) is 0 Å². The van der Waals surface area contributed by atoms with Crippen LogP contribution in [0.2, 0.25) is 0 Å². The smallest absolute Gasteiger partial charge is 0.318 e. The van der Waals surface area contributed by atoms with E-state index in [-0.39, 0.29) is 5.97 Å². The quantitative estimate of drug-likeness (QED) is 0.749. The summed E-state index contributed by atoms with van der Waals surface area (Å²) in [5, 5.41) is 0.345. The minimum atomic E-state index is -0.290. The SMILES string of the molecule is CCC(=O)OSc1nc2ccccc2o1. The van der Waals surface area contributed by atoms with E-state index in [1.165, 1.54) is 0 Å². The number of carbonyl (C=O) groups is 1. The number of benzene rings is 1. The van der Waals surface area contributed by atoms with Gasteiger partial charge in [-0.1, -0.05) is 19.1 Å². The van der Waals surface area contributed by atoms with Gasteiger partial charge in [-0.25, -0.2) is 4.98 Å². The van der Waals surface area contributed by atoms with Crippen molar-refractivity contribution in [1.29, 1.82) is 0 Å². The lowest BCUT2D eigenvalue weighted by Crippen LogP contribution is -1.94. The first-order valence-electron chi connectivity index (χ1n) is 4.52. The van der Waals surface area contributed by atoms with Crippen molar-refractivity contribution in [3.05, 3.63) is 24.3 Å². The molecule has 0 bridgehead atoms. The molecule has 0 aliphatic rings. The van der Waals surface area contributed by atoms with Crippen LogP contribution < -0.4 is 0 Å². The van der Waals surface area contributed by atoms with Gasteiger partial charge in [0.15, 0.2) is 17.6 Å². The molecule has 4 nitrogen and oxygen atoms in total. The monoisotopic (exact) mass is 223 g/mol. The molecule has 78 valence electrons. The predicted molar refractivity (Wildman–Crippen MR) is 56.2 cm³/mol. The normalized spacial score (nSPS) is 10.5. The van der Waals surface area contributed by atoms with Crippen LogP contribution in [0, 0.1) is 0 Å². The fourth-order valence-corrected chi connectivity index (χ4v) is 1.57. The molecule has 15 heavy (non-hydrogen) atoms. The molecule has 0 saturated heterocycles. The van der Waals surface area contributed by atoms with Crippen LogP contribution in [0.3, 0.4) is 0 Å². The molecule has 2 aromatic rings. The number of carbonyl (C=O) groups excluding carboxylic acids is 1. The summed E-state index contributed by atoms with van der Waals surface area (Å²) in [7, 11) is 0. The van der Waals surface area contributed by atoms with Crippen LogP contribution in [0.4, 0.5) is 0 Å². The van der Waals surface area contributed by atoms with Crippen molar-refractivity contribution in [3.63, 3.8) is 0 Å². The van der Waals surface area contributed by atoms with E-state index >= 15 is 0 Å². The number of aromatic nitrogens is 1. The molecule has 0 radical (unpaired) electrons. The molecule has 5 heteroatoms. The summed E-state index contributed by atoms with van der Waals surface area (Å²) >= 11 is 0.852. The van der Waals surface area contributed by atoms with Crippen molar-refractivity contribution in [1.82, 2.24) is 4.98 Å². The molecule has 0 unspecified atom stereocenters. The van der Waals surface area contributed by atoms with E-state index in [4.69, 9.17) is 8.60 Å². The molecular weight excluding hydrogens is 214 g/mol. The minimum absolute atomic E-state index is 0.290. The summed E-state index contributed by atoms with van der Waals surface area (Å²) in [6.45, 7) is 1.73. The van der Waals surface area contributed by atoms with Crippen molar-refractivity contribution in [3.8, 4) is 0 Å². The van der Waals surface area contributed by atoms with Crippen LogP contribution >= 0.6 is 12.0 Å². The van der Waals surface area contributed by atoms with Crippen molar-refractivity contribution in [2.24, 2.45) is 0 Å². The average Bonchev–Trinajstić information content (AvgIpc) is 2.68. The molecule has 0 spiro atoms. The van der Waals surface area contributed by atoms with Crippen LogP contribution in [0.15, 0.2) is 33.9 Å². The van der Waals surface area contributed by atoms with E-state index in [0.29, 0.717) is 17.2 Å². The lowest BCUT2D eigenvalue weighted by Gasteiger charge is -1.94. The van der Waals surface area contributed by atoms with Gasteiger partial charge < -0.3 is 8.60 Å². The van der Waals surface area contributed by atoms with Crippen molar-refractivity contribution >= 4 is 29.1 Å². The zero-order valence-corrected chi connectivity index (χ0v) is 8.91. The highest BCUT2D eigenvalue weighted by Crippen LogP contribution is 2.23. The third kappa shape index (κ3) is 2.30. The van der Waals surface area contributed by atoms with Crippen molar-refractivity contribution < 1.29 is 13.4 Å². The van der Waals surface area contributed by atoms with Crippen molar-refractivity contribution in [2.75, 3.05) is 0 Å². The van der Waals surface area contributed by atoms with Crippen LogP contribution in [0.25, 0.3) is 11.1 Å². The Morgan fingerprint density at radius 1 is 1.53 bits per heavy atom. The maximum Gasteiger partial charge on any atom is 0.318 e. The van der Waals surface area contributed by atoms with Gasteiger partial charge in [0, 0.05) is 6.42 Å². The minimum Gasteiger partial charge on any atom is -0.429 e. The molecule has 0 aliphatic heterocycles. The van der Waals surface area contributed by atoms with Crippen molar-refractivity contribution in [2.45, 2.75) is 18.6 Å². The Hall–Kier alpha value is -1.49. The first-order valence-corrected chi connectivity index (χ1v) is 5.26. The average molecular weight is 223 g/mol. The summed E-state index contributed by atoms with van der Waals surface area (Å²) in [5.74, 6) is -0.290. The second-order valence-corrected chi connectivity index (χ2v) is 3.52. The van der Waals surface area contributed by atoms with E-state index in [9.17, 15) is 4.79 Å². The molecule has 2 rings (SSSR count). The highest BCUT2D eigenvalue weighted by Gasteiger charge is 2.08. The highest BCUT2D eigenvalue weighted by molar-refractivity contribution is 7.94. The largest absolute Gasteiger partial charge is 0.429 e. The Labute approximate surface area is 90.8 Å². The fourth-order valence-electron chi connectivity index (χ4n) is 1.03. The number of hydrogen-bond acceptors (Lipinski definition) is 5. The third-order valence-electron chi connectivity index (χ3n) is 1.77. The molecule has 1 aromatic carbocycles. The second-order valence-electron chi connectivity index (χ2n) is 2.84. The molecule has 0 amide bonds. The van der Waals surface area contributed by atoms with E-state index in [1.807, 2.05) is 24.3 Å². The Balaban J connectivity index is 2.12.